The number of aryl methyl sites for hydroxylation is 1. The van der Waals surface area contributed by atoms with E-state index in [2.05, 4.69) is 20.7 Å². The second-order valence-electron chi connectivity index (χ2n) is 5.04. The molecule has 0 saturated heterocycles. The van der Waals surface area contributed by atoms with Crippen LogP contribution in [0.4, 0.5) is 0 Å². The number of methoxy groups -OCH3 is 1. The van der Waals surface area contributed by atoms with Crippen LogP contribution in [0.5, 0.6) is 0 Å². The summed E-state index contributed by atoms with van der Waals surface area (Å²) in [5.41, 5.74) is 1.05. The number of carbonyl (C=O) groups is 2. The summed E-state index contributed by atoms with van der Waals surface area (Å²) < 4.78 is 5.60. The predicted octanol–water partition coefficient (Wildman–Crippen LogP) is 3.48. The van der Waals surface area contributed by atoms with Gasteiger partial charge in [0.2, 0.25) is 0 Å². The highest BCUT2D eigenvalue weighted by atomic mass is 79.9. The third kappa shape index (κ3) is 4.90. The maximum absolute atomic E-state index is 12.5. The molecule has 0 bridgehead atoms. The fourth-order valence-corrected chi connectivity index (χ4v) is 3.27. The molecule has 1 rings (SSSR count). The minimum Gasteiger partial charge on any atom is -0.469 e. The summed E-state index contributed by atoms with van der Waals surface area (Å²) >= 11 is 4.86. The van der Waals surface area contributed by atoms with Crippen molar-refractivity contribution in [2.75, 3.05) is 20.2 Å². The SMILES string of the molecule is COC(=O)CCN(CC(C)C)C(=O)c1cc(C)c(Br)s1. The van der Waals surface area contributed by atoms with Gasteiger partial charge >= 0.3 is 5.97 Å². The van der Waals surface area contributed by atoms with E-state index in [9.17, 15) is 9.59 Å². The highest BCUT2D eigenvalue weighted by Crippen LogP contribution is 2.28. The lowest BCUT2D eigenvalue weighted by Gasteiger charge is -2.23. The van der Waals surface area contributed by atoms with Crippen molar-refractivity contribution in [3.63, 3.8) is 0 Å². The molecule has 0 aliphatic rings. The Labute approximate surface area is 132 Å². The predicted molar refractivity (Wildman–Crippen MR) is 84.1 cm³/mol. The van der Waals surface area contributed by atoms with Gasteiger partial charge < -0.3 is 9.64 Å². The number of hydrogen-bond donors (Lipinski definition) is 0. The molecule has 4 nitrogen and oxygen atoms in total. The third-order valence-electron chi connectivity index (χ3n) is 2.75. The molecule has 0 saturated carbocycles. The molecule has 0 aromatic carbocycles. The molecule has 0 fully saturated rings. The number of halogens is 1. The van der Waals surface area contributed by atoms with E-state index in [1.165, 1.54) is 18.4 Å². The van der Waals surface area contributed by atoms with Crippen LogP contribution in [-0.2, 0) is 9.53 Å². The van der Waals surface area contributed by atoms with Crippen LogP contribution >= 0.6 is 27.3 Å². The van der Waals surface area contributed by atoms with Crippen LogP contribution in [-0.4, -0.2) is 37.0 Å². The Kier molecular flexibility index (Phi) is 6.68. The Morgan fingerprint density at radius 2 is 2.10 bits per heavy atom. The van der Waals surface area contributed by atoms with Crippen molar-refractivity contribution in [3.8, 4) is 0 Å². The van der Waals surface area contributed by atoms with E-state index in [1.54, 1.807) is 4.90 Å². The van der Waals surface area contributed by atoms with Crippen molar-refractivity contribution in [1.29, 1.82) is 0 Å². The summed E-state index contributed by atoms with van der Waals surface area (Å²) in [6.45, 7) is 7.07. The Balaban J connectivity index is 2.80. The van der Waals surface area contributed by atoms with Crippen LogP contribution in [0.25, 0.3) is 0 Å². The average molecular weight is 362 g/mol. The number of thiophene rings is 1. The third-order valence-corrected chi connectivity index (χ3v) is 4.88. The zero-order chi connectivity index (χ0) is 15.3. The Morgan fingerprint density at radius 1 is 1.45 bits per heavy atom. The number of nitrogens with zero attached hydrogens (tertiary/aromatic N) is 1. The molecule has 0 spiro atoms. The van der Waals surface area contributed by atoms with Crippen molar-refractivity contribution < 1.29 is 14.3 Å². The molecule has 0 aliphatic carbocycles. The first-order valence-electron chi connectivity index (χ1n) is 6.47. The summed E-state index contributed by atoms with van der Waals surface area (Å²) in [5, 5.41) is 0. The van der Waals surface area contributed by atoms with Crippen LogP contribution in [0.1, 0.15) is 35.5 Å². The molecule has 6 heteroatoms. The van der Waals surface area contributed by atoms with E-state index in [0.717, 1.165) is 9.35 Å². The summed E-state index contributed by atoms with van der Waals surface area (Å²) in [7, 11) is 1.36. The van der Waals surface area contributed by atoms with Crippen LogP contribution in [0.2, 0.25) is 0 Å². The maximum Gasteiger partial charge on any atom is 0.307 e. The molecule has 0 unspecified atom stereocenters. The second kappa shape index (κ2) is 7.78. The molecule has 112 valence electrons. The minimum atomic E-state index is -0.296. The quantitative estimate of drug-likeness (QED) is 0.728. The van der Waals surface area contributed by atoms with Gasteiger partial charge in [-0.25, -0.2) is 0 Å². The molecule has 1 aromatic rings. The van der Waals surface area contributed by atoms with Gasteiger partial charge in [-0.2, -0.15) is 0 Å². The van der Waals surface area contributed by atoms with Crippen LogP contribution in [0, 0.1) is 12.8 Å². The van der Waals surface area contributed by atoms with Gasteiger partial charge in [0, 0.05) is 13.1 Å². The molecular weight excluding hydrogens is 342 g/mol. The van der Waals surface area contributed by atoms with E-state index < -0.39 is 0 Å². The zero-order valence-electron chi connectivity index (χ0n) is 12.2. The second-order valence-corrected chi connectivity index (χ2v) is 7.41. The monoisotopic (exact) mass is 361 g/mol. The van der Waals surface area contributed by atoms with Gasteiger partial charge in [-0.15, -0.1) is 11.3 Å². The maximum atomic E-state index is 12.5. The van der Waals surface area contributed by atoms with Gasteiger partial charge in [0.1, 0.15) is 0 Å². The first-order chi connectivity index (χ1) is 9.35. The number of ether oxygens (including phenoxy) is 1. The molecule has 0 radical (unpaired) electrons. The van der Waals surface area contributed by atoms with Crippen LogP contribution < -0.4 is 0 Å². The standard InChI is InChI=1S/C14H20BrNO3S/c1-9(2)8-16(6-5-12(17)19-4)14(18)11-7-10(3)13(15)20-11/h7,9H,5-6,8H2,1-4H3. The van der Waals surface area contributed by atoms with Gasteiger partial charge in [-0.3, -0.25) is 9.59 Å². The highest BCUT2D eigenvalue weighted by Gasteiger charge is 2.20. The Bertz CT molecular complexity index is 465. The van der Waals surface area contributed by atoms with E-state index in [0.29, 0.717) is 23.9 Å². The fourth-order valence-electron chi connectivity index (χ4n) is 1.77. The number of amides is 1. The lowest BCUT2D eigenvalue weighted by Crippen LogP contribution is -2.35. The molecule has 20 heavy (non-hydrogen) atoms. The fraction of sp³-hybridized carbons (Fsp3) is 0.571. The molecule has 0 aliphatic heterocycles. The van der Waals surface area contributed by atoms with Gasteiger partial charge in [0.05, 0.1) is 22.2 Å². The molecule has 1 heterocycles. The Morgan fingerprint density at radius 3 is 2.55 bits per heavy atom. The Hall–Kier alpha value is -0.880. The van der Waals surface area contributed by atoms with E-state index in [-0.39, 0.29) is 18.3 Å². The van der Waals surface area contributed by atoms with Crippen molar-refractivity contribution in [2.24, 2.45) is 5.92 Å². The lowest BCUT2D eigenvalue weighted by atomic mass is 10.2. The largest absolute Gasteiger partial charge is 0.469 e. The van der Waals surface area contributed by atoms with Crippen molar-refractivity contribution in [1.82, 2.24) is 4.90 Å². The van der Waals surface area contributed by atoms with Crippen molar-refractivity contribution in [3.05, 3.63) is 20.3 Å². The van der Waals surface area contributed by atoms with Gasteiger partial charge in [-0.05, 0) is 40.4 Å². The van der Waals surface area contributed by atoms with Gasteiger partial charge in [0.15, 0.2) is 0 Å². The topological polar surface area (TPSA) is 46.6 Å². The molecule has 1 aromatic heterocycles. The molecular formula is C14H20BrNO3S. The van der Waals surface area contributed by atoms with Crippen LogP contribution in [0.3, 0.4) is 0 Å². The van der Waals surface area contributed by atoms with Crippen LogP contribution in [0.15, 0.2) is 9.85 Å². The number of rotatable bonds is 6. The zero-order valence-corrected chi connectivity index (χ0v) is 14.6. The number of esters is 1. The van der Waals surface area contributed by atoms with E-state index in [1.807, 2.05) is 26.8 Å². The van der Waals surface area contributed by atoms with E-state index in [4.69, 9.17) is 0 Å². The summed E-state index contributed by atoms with van der Waals surface area (Å²) in [4.78, 5) is 26.2. The number of hydrogen-bond acceptors (Lipinski definition) is 4. The minimum absolute atomic E-state index is 0.0265. The van der Waals surface area contributed by atoms with Crippen molar-refractivity contribution >= 4 is 39.1 Å². The van der Waals surface area contributed by atoms with E-state index >= 15 is 0 Å². The number of carbonyl (C=O) groups excluding carboxylic acids is 2. The normalized spacial score (nSPS) is 10.7. The molecule has 0 N–H and O–H groups in total. The first-order valence-corrected chi connectivity index (χ1v) is 8.08. The molecule has 1 amide bonds. The van der Waals surface area contributed by atoms with Gasteiger partial charge in [0.25, 0.3) is 5.91 Å². The summed E-state index contributed by atoms with van der Waals surface area (Å²) in [6, 6.07) is 1.88. The highest BCUT2D eigenvalue weighted by molar-refractivity contribution is 9.11. The van der Waals surface area contributed by atoms with Crippen molar-refractivity contribution in [2.45, 2.75) is 27.2 Å². The average Bonchev–Trinajstić information content (AvgIpc) is 2.73. The lowest BCUT2D eigenvalue weighted by molar-refractivity contribution is -0.140. The smallest absolute Gasteiger partial charge is 0.307 e. The molecule has 0 atom stereocenters. The van der Waals surface area contributed by atoms with Gasteiger partial charge in [-0.1, -0.05) is 13.8 Å². The first kappa shape index (κ1) is 17.2. The summed E-state index contributed by atoms with van der Waals surface area (Å²) in [5.74, 6) is 0.0256. The summed E-state index contributed by atoms with van der Waals surface area (Å²) in [6.07, 6.45) is 0.223.